The van der Waals surface area contributed by atoms with Gasteiger partial charge in [0.15, 0.2) is 5.75 Å². The van der Waals surface area contributed by atoms with Crippen molar-refractivity contribution in [3.05, 3.63) is 60.2 Å². The summed E-state index contributed by atoms with van der Waals surface area (Å²) in [4.78, 5) is 15.7. The molecule has 0 aliphatic rings. The quantitative estimate of drug-likeness (QED) is 0.224. The predicted molar refractivity (Wildman–Crippen MR) is 136 cm³/mol. The van der Waals surface area contributed by atoms with Gasteiger partial charge in [0.1, 0.15) is 16.7 Å². The molecule has 0 atom stereocenters. The van der Waals surface area contributed by atoms with E-state index in [1.807, 2.05) is 61.5 Å². The number of nitrogens with zero attached hydrogens (tertiary/aromatic N) is 3. The summed E-state index contributed by atoms with van der Waals surface area (Å²) >= 11 is 3.28. The molecule has 2 N–H and O–H groups in total. The van der Waals surface area contributed by atoms with E-state index in [2.05, 4.69) is 22.4 Å². The van der Waals surface area contributed by atoms with Crippen LogP contribution in [0.3, 0.4) is 0 Å². The molecule has 0 aliphatic carbocycles. The van der Waals surface area contributed by atoms with E-state index in [0.29, 0.717) is 5.69 Å². The van der Waals surface area contributed by atoms with Crippen LogP contribution in [0.1, 0.15) is 32.3 Å². The SMILES string of the molecule is CCCCSc1cc(C)cc(-n2nc3ccc(Sc4ccc(NC(C)=O)cc4)cc3n2)c1O. The fraction of sp³-hybridized carbons (Fsp3) is 0.240. The Kier molecular flexibility index (Phi) is 7.25. The number of aromatic hydroxyl groups is 1. The molecule has 4 aromatic rings. The highest BCUT2D eigenvalue weighted by atomic mass is 32.2. The number of carbonyl (C=O) groups excluding carboxylic acids is 1. The second kappa shape index (κ2) is 10.3. The number of phenolic OH excluding ortho intramolecular Hbond substituents is 1. The fourth-order valence-corrected chi connectivity index (χ4v) is 5.34. The molecule has 0 aliphatic heterocycles. The van der Waals surface area contributed by atoms with Crippen molar-refractivity contribution < 1.29 is 9.90 Å². The van der Waals surface area contributed by atoms with Crippen molar-refractivity contribution in [1.82, 2.24) is 15.0 Å². The Bertz CT molecular complexity index is 1290. The van der Waals surface area contributed by atoms with Crippen LogP contribution < -0.4 is 5.32 Å². The van der Waals surface area contributed by atoms with Gasteiger partial charge >= 0.3 is 0 Å². The molecule has 0 spiro atoms. The number of nitrogens with one attached hydrogen (secondary N) is 1. The molecule has 170 valence electrons. The summed E-state index contributed by atoms with van der Waals surface area (Å²) in [5.41, 5.74) is 3.95. The van der Waals surface area contributed by atoms with Gasteiger partial charge in [-0.05, 0) is 79.3 Å². The number of phenols is 1. The highest BCUT2D eigenvalue weighted by Crippen LogP contribution is 2.36. The standard InChI is InChI=1S/C25H26N4O2S2/c1-4-5-12-32-24-14-16(2)13-23(25(24)31)29-27-21-11-10-20(15-22(21)28-29)33-19-8-6-18(7-9-19)26-17(3)30/h6-11,13-15,31H,4-5,12H2,1-3H3,(H,26,30). The van der Waals surface area contributed by atoms with Crippen molar-refractivity contribution in [3.8, 4) is 11.4 Å². The number of benzene rings is 3. The third kappa shape index (κ3) is 5.69. The van der Waals surface area contributed by atoms with Crippen LogP contribution >= 0.6 is 23.5 Å². The van der Waals surface area contributed by atoms with Crippen LogP contribution in [0.4, 0.5) is 5.69 Å². The largest absolute Gasteiger partial charge is 0.505 e. The maximum Gasteiger partial charge on any atom is 0.221 e. The summed E-state index contributed by atoms with van der Waals surface area (Å²) in [6.45, 7) is 5.67. The summed E-state index contributed by atoms with van der Waals surface area (Å²) < 4.78 is 0. The summed E-state index contributed by atoms with van der Waals surface area (Å²) in [5, 5.41) is 22.9. The Morgan fingerprint density at radius 3 is 2.48 bits per heavy atom. The van der Waals surface area contributed by atoms with E-state index >= 15 is 0 Å². The highest BCUT2D eigenvalue weighted by Gasteiger charge is 2.14. The number of fused-ring (bicyclic) bond motifs is 1. The molecule has 1 heterocycles. The number of unbranched alkanes of at least 4 members (excludes halogenated alkanes) is 1. The van der Waals surface area contributed by atoms with Gasteiger partial charge in [0, 0.05) is 22.4 Å². The van der Waals surface area contributed by atoms with Crippen LogP contribution in [0.5, 0.6) is 5.75 Å². The van der Waals surface area contributed by atoms with Gasteiger partial charge in [0.05, 0.1) is 4.90 Å². The minimum Gasteiger partial charge on any atom is -0.505 e. The second-order valence-electron chi connectivity index (χ2n) is 7.78. The van der Waals surface area contributed by atoms with Crippen molar-refractivity contribution in [1.29, 1.82) is 0 Å². The van der Waals surface area contributed by atoms with Crippen molar-refractivity contribution in [3.63, 3.8) is 0 Å². The molecule has 3 aromatic carbocycles. The number of aromatic nitrogens is 3. The lowest BCUT2D eigenvalue weighted by atomic mass is 10.2. The zero-order chi connectivity index (χ0) is 23.4. The highest BCUT2D eigenvalue weighted by molar-refractivity contribution is 7.99. The number of anilines is 1. The van der Waals surface area contributed by atoms with E-state index < -0.39 is 0 Å². The van der Waals surface area contributed by atoms with Gasteiger partial charge in [-0.1, -0.05) is 25.1 Å². The molecule has 1 aromatic heterocycles. The van der Waals surface area contributed by atoms with E-state index in [1.54, 1.807) is 23.5 Å². The molecule has 6 nitrogen and oxygen atoms in total. The number of hydrogen-bond donors (Lipinski definition) is 2. The first kappa shape index (κ1) is 23.2. The Morgan fingerprint density at radius 2 is 1.76 bits per heavy atom. The van der Waals surface area contributed by atoms with E-state index in [1.165, 1.54) is 11.7 Å². The molecule has 0 saturated heterocycles. The minimum atomic E-state index is -0.0877. The zero-order valence-corrected chi connectivity index (χ0v) is 20.5. The van der Waals surface area contributed by atoms with Crippen LogP contribution in [0.15, 0.2) is 69.3 Å². The van der Waals surface area contributed by atoms with E-state index in [-0.39, 0.29) is 11.7 Å². The molecule has 8 heteroatoms. The molecule has 1 amide bonds. The molecule has 0 fully saturated rings. The molecule has 33 heavy (non-hydrogen) atoms. The lowest BCUT2D eigenvalue weighted by molar-refractivity contribution is -0.114. The van der Waals surface area contributed by atoms with Crippen molar-refractivity contribution in [2.75, 3.05) is 11.1 Å². The topological polar surface area (TPSA) is 80.0 Å². The van der Waals surface area contributed by atoms with Gasteiger partial charge in [0.25, 0.3) is 0 Å². The maximum atomic E-state index is 11.2. The lowest BCUT2D eigenvalue weighted by Gasteiger charge is -2.10. The minimum absolute atomic E-state index is 0.0877. The number of rotatable bonds is 8. The molecule has 0 saturated carbocycles. The number of hydrogen-bond acceptors (Lipinski definition) is 6. The Labute approximate surface area is 201 Å². The van der Waals surface area contributed by atoms with Crippen LogP contribution in [-0.4, -0.2) is 31.8 Å². The first-order valence-electron chi connectivity index (χ1n) is 10.8. The molecule has 0 unspecified atom stereocenters. The summed E-state index contributed by atoms with van der Waals surface area (Å²) in [6.07, 6.45) is 2.23. The number of thioether (sulfide) groups is 1. The normalized spacial score (nSPS) is 11.1. The van der Waals surface area contributed by atoms with Gasteiger partial charge < -0.3 is 10.4 Å². The van der Waals surface area contributed by atoms with E-state index in [0.717, 1.165) is 55.6 Å². The van der Waals surface area contributed by atoms with Gasteiger partial charge in [0.2, 0.25) is 5.91 Å². The third-order valence-electron chi connectivity index (χ3n) is 4.93. The molecule has 0 bridgehead atoms. The van der Waals surface area contributed by atoms with Crippen LogP contribution in [-0.2, 0) is 4.79 Å². The molecule has 0 radical (unpaired) electrons. The Hall–Kier alpha value is -2.97. The number of aryl methyl sites for hydroxylation is 1. The van der Waals surface area contributed by atoms with Gasteiger partial charge in [-0.3, -0.25) is 4.79 Å². The van der Waals surface area contributed by atoms with Crippen molar-refractivity contribution >= 4 is 46.2 Å². The summed E-state index contributed by atoms with van der Waals surface area (Å²) in [7, 11) is 0. The predicted octanol–water partition coefficient (Wildman–Crippen LogP) is 6.44. The van der Waals surface area contributed by atoms with Crippen molar-refractivity contribution in [2.24, 2.45) is 0 Å². The Balaban J connectivity index is 1.58. The number of amides is 1. The third-order valence-corrected chi connectivity index (χ3v) is 7.04. The van der Waals surface area contributed by atoms with Gasteiger partial charge in [-0.25, -0.2) is 0 Å². The van der Waals surface area contributed by atoms with Crippen LogP contribution in [0.25, 0.3) is 16.7 Å². The fourth-order valence-electron chi connectivity index (χ4n) is 3.33. The Morgan fingerprint density at radius 1 is 1.03 bits per heavy atom. The van der Waals surface area contributed by atoms with E-state index in [4.69, 9.17) is 0 Å². The van der Waals surface area contributed by atoms with Crippen LogP contribution in [0.2, 0.25) is 0 Å². The molecular formula is C25H26N4O2S2. The average Bonchev–Trinajstić information content (AvgIpc) is 3.20. The molecule has 4 rings (SSSR count). The van der Waals surface area contributed by atoms with Crippen molar-refractivity contribution in [2.45, 2.75) is 48.3 Å². The zero-order valence-electron chi connectivity index (χ0n) is 18.8. The average molecular weight is 479 g/mol. The maximum absolute atomic E-state index is 11.2. The van der Waals surface area contributed by atoms with Crippen LogP contribution in [0, 0.1) is 6.92 Å². The monoisotopic (exact) mass is 478 g/mol. The smallest absolute Gasteiger partial charge is 0.221 e. The first-order valence-corrected chi connectivity index (χ1v) is 12.6. The van der Waals surface area contributed by atoms with Gasteiger partial charge in [-0.2, -0.15) is 0 Å². The van der Waals surface area contributed by atoms with E-state index in [9.17, 15) is 9.90 Å². The first-order chi connectivity index (χ1) is 15.9. The number of carbonyl (C=O) groups is 1. The van der Waals surface area contributed by atoms with Gasteiger partial charge in [-0.15, -0.1) is 26.8 Å². The second-order valence-corrected chi connectivity index (χ2v) is 10.1. The summed E-state index contributed by atoms with van der Waals surface area (Å²) in [5.74, 6) is 1.10. The summed E-state index contributed by atoms with van der Waals surface area (Å²) in [6, 6.07) is 17.6. The molecular weight excluding hydrogens is 452 g/mol. The lowest BCUT2D eigenvalue weighted by Crippen LogP contribution is -2.05.